The van der Waals surface area contributed by atoms with Gasteiger partial charge in [0.2, 0.25) is 0 Å². The Morgan fingerprint density at radius 1 is 0.950 bits per heavy atom. The normalized spacial score (nSPS) is 12.4. The molecule has 0 radical (unpaired) electrons. The SMILES string of the molecule is CC(C)C[C@H](N)COc1ccccc1-c1ccccc1. The van der Waals surface area contributed by atoms with E-state index in [1.165, 1.54) is 5.56 Å². The van der Waals surface area contributed by atoms with Crippen LogP contribution in [0.4, 0.5) is 0 Å². The van der Waals surface area contributed by atoms with Crippen molar-refractivity contribution in [1.82, 2.24) is 0 Å². The van der Waals surface area contributed by atoms with Crippen molar-refractivity contribution in [2.75, 3.05) is 6.61 Å². The van der Waals surface area contributed by atoms with Gasteiger partial charge in [-0.1, -0.05) is 62.4 Å². The largest absolute Gasteiger partial charge is 0.491 e. The summed E-state index contributed by atoms with van der Waals surface area (Å²) in [4.78, 5) is 0. The molecule has 0 spiro atoms. The van der Waals surface area contributed by atoms with Crippen LogP contribution in [0.25, 0.3) is 11.1 Å². The lowest BCUT2D eigenvalue weighted by molar-refractivity contribution is 0.272. The van der Waals surface area contributed by atoms with Crippen molar-refractivity contribution < 1.29 is 4.74 Å². The van der Waals surface area contributed by atoms with Crippen molar-refractivity contribution in [3.8, 4) is 16.9 Å². The standard InChI is InChI=1S/C18H23NO/c1-14(2)12-16(19)13-20-18-11-7-6-10-17(18)15-8-4-3-5-9-15/h3-11,14,16H,12-13,19H2,1-2H3/t16-/m0/s1. The summed E-state index contributed by atoms with van der Waals surface area (Å²) in [5.41, 5.74) is 8.37. The monoisotopic (exact) mass is 269 g/mol. The first kappa shape index (κ1) is 14.6. The Morgan fingerprint density at radius 2 is 1.60 bits per heavy atom. The molecule has 0 fully saturated rings. The van der Waals surface area contributed by atoms with Crippen molar-refractivity contribution in [3.05, 3.63) is 54.6 Å². The van der Waals surface area contributed by atoms with Crippen LogP contribution in [0.3, 0.4) is 0 Å². The van der Waals surface area contributed by atoms with Crippen LogP contribution in [-0.4, -0.2) is 12.6 Å². The van der Waals surface area contributed by atoms with Crippen molar-refractivity contribution in [2.24, 2.45) is 11.7 Å². The summed E-state index contributed by atoms with van der Waals surface area (Å²) in [6.45, 7) is 4.91. The zero-order valence-corrected chi connectivity index (χ0v) is 12.3. The zero-order chi connectivity index (χ0) is 14.4. The van der Waals surface area contributed by atoms with Crippen molar-refractivity contribution in [3.63, 3.8) is 0 Å². The number of hydrogen-bond donors (Lipinski definition) is 1. The number of ether oxygens (including phenoxy) is 1. The van der Waals surface area contributed by atoms with Gasteiger partial charge >= 0.3 is 0 Å². The van der Waals surface area contributed by atoms with Gasteiger partial charge in [0.1, 0.15) is 12.4 Å². The van der Waals surface area contributed by atoms with Gasteiger partial charge in [0, 0.05) is 11.6 Å². The second-order valence-corrected chi connectivity index (χ2v) is 5.56. The molecule has 2 heteroatoms. The minimum Gasteiger partial charge on any atom is -0.491 e. The fourth-order valence-electron chi connectivity index (χ4n) is 2.32. The van der Waals surface area contributed by atoms with Crippen molar-refractivity contribution in [2.45, 2.75) is 26.3 Å². The van der Waals surface area contributed by atoms with Gasteiger partial charge in [0.05, 0.1) is 0 Å². The molecule has 20 heavy (non-hydrogen) atoms. The highest BCUT2D eigenvalue weighted by Gasteiger charge is 2.09. The molecule has 2 nitrogen and oxygen atoms in total. The zero-order valence-electron chi connectivity index (χ0n) is 12.3. The van der Waals surface area contributed by atoms with E-state index < -0.39 is 0 Å². The molecule has 0 aliphatic rings. The summed E-state index contributed by atoms with van der Waals surface area (Å²) in [7, 11) is 0. The number of rotatable bonds is 6. The van der Waals surface area contributed by atoms with Crippen LogP contribution < -0.4 is 10.5 Å². The van der Waals surface area contributed by atoms with E-state index in [0.717, 1.165) is 17.7 Å². The number of para-hydroxylation sites is 1. The van der Waals surface area contributed by atoms with Crippen LogP contribution in [0.1, 0.15) is 20.3 Å². The van der Waals surface area contributed by atoms with Crippen LogP contribution in [0.15, 0.2) is 54.6 Å². The molecule has 0 saturated carbocycles. The molecule has 0 aliphatic heterocycles. The highest BCUT2D eigenvalue weighted by atomic mass is 16.5. The second kappa shape index (κ2) is 7.11. The molecule has 0 amide bonds. The Bertz CT molecular complexity index is 522. The molecular weight excluding hydrogens is 246 g/mol. The van der Waals surface area contributed by atoms with Crippen LogP contribution in [0, 0.1) is 5.92 Å². The highest BCUT2D eigenvalue weighted by molar-refractivity contribution is 5.70. The molecule has 0 bridgehead atoms. The molecule has 0 aliphatic carbocycles. The first-order valence-electron chi connectivity index (χ1n) is 7.19. The van der Waals surface area contributed by atoms with Gasteiger partial charge < -0.3 is 10.5 Å². The fraction of sp³-hybridized carbons (Fsp3) is 0.333. The highest BCUT2D eigenvalue weighted by Crippen LogP contribution is 2.29. The predicted molar refractivity (Wildman–Crippen MR) is 84.8 cm³/mol. The smallest absolute Gasteiger partial charge is 0.127 e. The van der Waals surface area contributed by atoms with Gasteiger partial charge in [-0.3, -0.25) is 0 Å². The number of nitrogens with two attached hydrogens (primary N) is 1. The molecule has 2 aromatic rings. The maximum absolute atomic E-state index is 6.09. The molecular formula is C18H23NO. The Kier molecular flexibility index (Phi) is 5.19. The van der Waals surface area contributed by atoms with E-state index in [1.807, 2.05) is 36.4 Å². The minimum absolute atomic E-state index is 0.0822. The van der Waals surface area contributed by atoms with Gasteiger partial charge in [0.25, 0.3) is 0 Å². The Labute approximate surface area is 121 Å². The van der Waals surface area contributed by atoms with Crippen LogP contribution in [0.2, 0.25) is 0 Å². The van der Waals surface area contributed by atoms with E-state index in [-0.39, 0.29) is 6.04 Å². The third kappa shape index (κ3) is 4.10. The predicted octanol–water partition coefficient (Wildman–Crippen LogP) is 4.11. The molecule has 0 heterocycles. The molecule has 1 atom stereocenters. The fourth-order valence-corrected chi connectivity index (χ4v) is 2.32. The summed E-state index contributed by atoms with van der Waals surface area (Å²) in [5, 5.41) is 0. The van der Waals surface area contributed by atoms with Gasteiger partial charge in [0.15, 0.2) is 0 Å². The molecule has 0 unspecified atom stereocenters. The Morgan fingerprint density at radius 3 is 2.30 bits per heavy atom. The second-order valence-electron chi connectivity index (χ2n) is 5.56. The molecule has 0 aromatic heterocycles. The van der Waals surface area contributed by atoms with E-state index in [4.69, 9.17) is 10.5 Å². The van der Waals surface area contributed by atoms with E-state index in [0.29, 0.717) is 12.5 Å². The maximum Gasteiger partial charge on any atom is 0.127 e. The van der Waals surface area contributed by atoms with Crippen LogP contribution in [-0.2, 0) is 0 Å². The third-order valence-corrected chi connectivity index (χ3v) is 3.20. The number of benzene rings is 2. The lowest BCUT2D eigenvalue weighted by Gasteiger charge is -2.17. The third-order valence-electron chi connectivity index (χ3n) is 3.20. The average Bonchev–Trinajstić information content (AvgIpc) is 2.46. The quantitative estimate of drug-likeness (QED) is 0.856. The minimum atomic E-state index is 0.0822. The maximum atomic E-state index is 6.09. The molecule has 2 aromatic carbocycles. The van der Waals surface area contributed by atoms with Crippen LogP contribution in [0.5, 0.6) is 5.75 Å². The summed E-state index contributed by atoms with van der Waals surface area (Å²) >= 11 is 0. The first-order chi connectivity index (χ1) is 9.66. The summed E-state index contributed by atoms with van der Waals surface area (Å²) < 4.78 is 5.93. The molecule has 2 rings (SSSR count). The van der Waals surface area contributed by atoms with Crippen molar-refractivity contribution >= 4 is 0 Å². The molecule has 0 saturated heterocycles. The lowest BCUT2D eigenvalue weighted by atomic mass is 10.0. The Balaban J connectivity index is 2.09. The van der Waals surface area contributed by atoms with E-state index in [2.05, 4.69) is 32.0 Å². The first-order valence-corrected chi connectivity index (χ1v) is 7.19. The molecule has 2 N–H and O–H groups in total. The van der Waals surface area contributed by atoms with Gasteiger partial charge in [-0.2, -0.15) is 0 Å². The Hall–Kier alpha value is -1.80. The van der Waals surface area contributed by atoms with E-state index in [9.17, 15) is 0 Å². The van der Waals surface area contributed by atoms with Crippen LogP contribution >= 0.6 is 0 Å². The van der Waals surface area contributed by atoms with Gasteiger partial charge in [-0.15, -0.1) is 0 Å². The van der Waals surface area contributed by atoms with E-state index in [1.54, 1.807) is 0 Å². The lowest BCUT2D eigenvalue weighted by Crippen LogP contribution is -2.29. The number of hydrogen-bond acceptors (Lipinski definition) is 2. The van der Waals surface area contributed by atoms with Gasteiger partial charge in [-0.25, -0.2) is 0 Å². The topological polar surface area (TPSA) is 35.2 Å². The summed E-state index contributed by atoms with van der Waals surface area (Å²) in [5.74, 6) is 1.50. The summed E-state index contributed by atoms with van der Waals surface area (Å²) in [6.07, 6.45) is 0.980. The van der Waals surface area contributed by atoms with Crippen molar-refractivity contribution in [1.29, 1.82) is 0 Å². The van der Waals surface area contributed by atoms with E-state index >= 15 is 0 Å². The average molecular weight is 269 g/mol. The molecule has 106 valence electrons. The summed E-state index contributed by atoms with van der Waals surface area (Å²) in [6, 6.07) is 18.5. The van der Waals surface area contributed by atoms with Gasteiger partial charge in [-0.05, 0) is 24.0 Å².